The lowest BCUT2D eigenvalue weighted by atomic mass is 9.85. The van der Waals surface area contributed by atoms with Crippen molar-refractivity contribution in [1.29, 1.82) is 0 Å². The minimum Gasteiger partial charge on any atom is -0.497 e. The number of nitrogens with zero attached hydrogens (tertiary/aromatic N) is 1. The molecule has 0 spiro atoms. The number of anilines is 2. The molecule has 1 aliphatic rings. The van der Waals surface area contributed by atoms with Crippen molar-refractivity contribution in [3.63, 3.8) is 0 Å². The Labute approximate surface area is 192 Å². The zero-order chi connectivity index (χ0) is 22.5. The van der Waals surface area contributed by atoms with E-state index in [0.29, 0.717) is 17.3 Å². The van der Waals surface area contributed by atoms with Gasteiger partial charge in [0.05, 0.1) is 7.11 Å². The molecule has 1 heterocycles. The molecule has 0 bridgehead atoms. The van der Waals surface area contributed by atoms with Gasteiger partial charge >= 0.3 is 6.03 Å². The highest BCUT2D eigenvalue weighted by molar-refractivity contribution is 6.30. The molecule has 32 heavy (non-hydrogen) atoms. The number of benzene rings is 3. The number of hydrogen-bond donors (Lipinski definition) is 2. The van der Waals surface area contributed by atoms with Crippen LogP contribution in [0.4, 0.5) is 20.6 Å². The SMILES string of the molecule is COc1ccc(C2CN(c3ccc(F)cc3)CC[C@H]2NC(=O)Nc2ccc(Cl)cc2)cc1. The van der Waals surface area contributed by atoms with Gasteiger partial charge in [-0.3, -0.25) is 0 Å². The minimum atomic E-state index is -0.258. The topological polar surface area (TPSA) is 53.6 Å². The van der Waals surface area contributed by atoms with E-state index in [0.717, 1.165) is 30.0 Å². The van der Waals surface area contributed by atoms with Gasteiger partial charge in [0.2, 0.25) is 0 Å². The molecule has 2 atom stereocenters. The summed E-state index contributed by atoms with van der Waals surface area (Å²) in [5, 5.41) is 6.63. The standard InChI is InChI=1S/C25H25ClFN3O2/c1-32-22-12-2-17(3-13-22)23-16-30(21-10-6-19(27)7-11-21)15-14-24(23)29-25(31)28-20-8-4-18(26)5-9-20/h2-13,23-24H,14-16H2,1H3,(H2,28,29,31)/t23?,24-/m1/s1. The third-order valence-electron chi connectivity index (χ3n) is 5.77. The summed E-state index contributed by atoms with van der Waals surface area (Å²) in [5.41, 5.74) is 2.75. The Balaban J connectivity index is 1.51. The molecule has 0 aliphatic carbocycles. The summed E-state index contributed by atoms with van der Waals surface area (Å²) in [6.07, 6.45) is 0.752. The van der Waals surface area contributed by atoms with Crippen LogP contribution < -0.4 is 20.3 Å². The number of halogens is 2. The number of amides is 2. The highest BCUT2D eigenvalue weighted by atomic mass is 35.5. The van der Waals surface area contributed by atoms with Gasteiger partial charge in [0, 0.05) is 41.4 Å². The number of piperidine rings is 1. The fourth-order valence-corrected chi connectivity index (χ4v) is 4.19. The lowest BCUT2D eigenvalue weighted by molar-refractivity contribution is 0.243. The zero-order valence-corrected chi connectivity index (χ0v) is 18.5. The summed E-state index contributed by atoms with van der Waals surface area (Å²) < 4.78 is 18.7. The molecule has 166 valence electrons. The van der Waals surface area contributed by atoms with E-state index in [4.69, 9.17) is 16.3 Å². The molecule has 4 rings (SSSR count). The lowest BCUT2D eigenvalue weighted by Gasteiger charge is -2.40. The van der Waals surface area contributed by atoms with E-state index in [9.17, 15) is 9.18 Å². The Morgan fingerprint density at radius 2 is 1.72 bits per heavy atom. The number of methoxy groups -OCH3 is 1. The summed E-state index contributed by atoms with van der Waals surface area (Å²) in [4.78, 5) is 14.9. The zero-order valence-electron chi connectivity index (χ0n) is 17.7. The van der Waals surface area contributed by atoms with Crippen LogP contribution in [0, 0.1) is 5.82 Å². The van der Waals surface area contributed by atoms with Crippen molar-refractivity contribution >= 4 is 29.0 Å². The van der Waals surface area contributed by atoms with Crippen LogP contribution in [-0.2, 0) is 0 Å². The highest BCUT2D eigenvalue weighted by Crippen LogP contribution is 2.31. The smallest absolute Gasteiger partial charge is 0.319 e. The van der Waals surface area contributed by atoms with Gasteiger partial charge in [-0.2, -0.15) is 0 Å². The van der Waals surface area contributed by atoms with Crippen molar-refractivity contribution in [3.8, 4) is 5.75 Å². The molecular formula is C25H25ClFN3O2. The molecule has 2 amide bonds. The summed E-state index contributed by atoms with van der Waals surface area (Å²) in [5.74, 6) is 0.580. The second-order valence-corrected chi connectivity index (χ2v) is 8.24. The van der Waals surface area contributed by atoms with Crippen molar-refractivity contribution in [3.05, 3.63) is 89.2 Å². The Morgan fingerprint density at radius 1 is 1.03 bits per heavy atom. The quantitative estimate of drug-likeness (QED) is 0.523. The van der Waals surface area contributed by atoms with E-state index >= 15 is 0 Å². The normalized spacial score (nSPS) is 18.2. The number of rotatable bonds is 5. The van der Waals surface area contributed by atoms with Gasteiger partial charge in [0.1, 0.15) is 11.6 Å². The summed E-state index contributed by atoms with van der Waals surface area (Å²) >= 11 is 5.92. The summed E-state index contributed by atoms with van der Waals surface area (Å²) in [7, 11) is 1.64. The number of nitrogens with one attached hydrogen (secondary N) is 2. The number of carbonyl (C=O) groups is 1. The van der Waals surface area contributed by atoms with Crippen molar-refractivity contribution in [1.82, 2.24) is 5.32 Å². The highest BCUT2D eigenvalue weighted by Gasteiger charge is 2.32. The first-order valence-corrected chi connectivity index (χ1v) is 10.9. The van der Waals surface area contributed by atoms with Gasteiger partial charge in [0.15, 0.2) is 0 Å². The van der Waals surface area contributed by atoms with Crippen LogP contribution in [-0.4, -0.2) is 32.3 Å². The number of urea groups is 1. The molecule has 1 fully saturated rings. The van der Waals surface area contributed by atoms with E-state index in [1.54, 1.807) is 43.5 Å². The van der Waals surface area contributed by atoms with Gasteiger partial charge in [-0.15, -0.1) is 0 Å². The molecule has 1 aliphatic heterocycles. The molecule has 0 saturated carbocycles. The van der Waals surface area contributed by atoms with Gasteiger partial charge in [0.25, 0.3) is 0 Å². The van der Waals surface area contributed by atoms with Gasteiger partial charge in [-0.1, -0.05) is 23.7 Å². The third kappa shape index (κ3) is 5.32. The minimum absolute atomic E-state index is 0.0516. The molecular weight excluding hydrogens is 429 g/mol. The fraction of sp³-hybridized carbons (Fsp3) is 0.240. The first-order valence-electron chi connectivity index (χ1n) is 10.5. The Hall–Kier alpha value is -3.25. The van der Waals surface area contributed by atoms with E-state index in [1.807, 2.05) is 24.3 Å². The Kier molecular flexibility index (Phi) is 6.81. The Bertz CT molecular complexity index is 1040. The molecule has 5 nitrogen and oxygen atoms in total. The summed E-state index contributed by atoms with van der Waals surface area (Å²) in [6, 6.07) is 21.1. The van der Waals surface area contributed by atoms with Gasteiger partial charge in [-0.05, 0) is 72.6 Å². The van der Waals surface area contributed by atoms with Crippen LogP contribution >= 0.6 is 11.6 Å². The second kappa shape index (κ2) is 9.92. The maximum Gasteiger partial charge on any atom is 0.319 e. The Morgan fingerprint density at radius 3 is 2.38 bits per heavy atom. The third-order valence-corrected chi connectivity index (χ3v) is 6.02. The number of carbonyl (C=O) groups excluding carboxylic acids is 1. The van der Waals surface area contributed by atoms with Crippen LogP contribution in [0.5, 0.6) is 5.75 Å². The first kappa shape index (κ1) is 22.0. The fourth-order valence-electron chi connectivity index (χ4n) is 4.07. The van der Waals surface area contributed by atoms with Crippen LogP contribution in [0.1, 0.15) is 17.9 Å². The van der Waals surface area contributed by atoms with E-state index < -0.39 is 0 Å². The average molecular weight is 454 g/mol. The van der Waals surface area contributed by atoms with E-state index in [-0.39, 0.29) is 23.8 Å². The maximum absolute atomic E-state index is 13.4. The van der Waals surface area contributed by atoms with Crippen molar-refractivity contribution in [2.24, 2.45) is 0 Å². The number of hydrogen-bond acceptors (Lipinski definition) is 3. The van der Waals surface area contributed by atoms with Crippen LogP contribution in [0.25, 0.3) is 0 Å². The largest absolute Gasteiger partial charge is 0.497 e. The molecule has 7 heteroatoms. The van der Waals surface area contributed by atoms with Gasteiger partial charge in [-0.25, -0.2) is 9.18 Å². The van der Waals surface area contributed by atoms with Crippen LogP contribution in [0.3, 0.4) is 0 Å². The van der Waals surface area contributed by atoms with Gasteiger partial charge < -0.3 is 20.3 Å². The van der Waals surface area contributed by atoms with Crippen molar-refractivity contribution < 1.29 is 13.9 Å². The molecule has 2 N–H and O–H groups in total. The molecule has 1 saturated heterocycles. The molecule has 3 aromatic carbocycles. The van der Waals surface area contributed by atoms with Crippen LogP contribution in [0.2, 0.25) is 5.02 Å². The predicted octanol–water partition coefficient (Wildman–Crippen LogP) is 5.67. The monoisotopic (exact) mass is 453 g/mol. The molecule has 3 aromatic rings. The van der Waals surface area contributed by atoms with Crippen LogP contribution in [0.15, 0.2) is 72.8 Å². The number of ether oxygens (including phenoxy) is 1. The van der Waals surface area contributed by atoms with E-state index in [2.05, 4.69) is 15.5 Å². The lowest BCUT2D eigenvalue weighted by Crippen LogP contribution is -2.50. The average Bonchev–Trinajstić information content (AvgIpc) is 2.81. The van der Waals surface area contributed by atoms with E-state index in [1.165, 1.54) is 12.1 Å². The van der Waals surface area contributed by atoms with Crippen molar-refractivity contribution in [2.75, 3.05) is 30.4 Å². The van der Waals surface area contributed by atoms with Crippen molar-refractivity contribution in [2.45, 2.75) is 18.4 Å². The molecule has 1 unspecified atom stereocenters. The maximum atomic E-state index is 13.4. The first-order chi connectivity index (χ1) is 15.5. The second-order valence-electron chi connectivity index (χ2n) is 7.80. The summed E-state index contributed by atoms with van der Waals surface area (Å²) in [6.45, 7) is 1.45. The predicted molar refractivity (Wildman–Crippen MR) is 126 cm³/mol. The molecule has 0 aromatic heterocycles. The molecule has 0 radical (unpaired) electrons.